The number of ether oxygens (including phenoxy) is 6. The smallest absolute Gasteiger partial charge is 0.217 e. The molecule has 0 radical (unpaired) electrons. The number of nitrogens with one attached hydrogen (secondary N) is 1. The van der Waals surface area contributed by atoms with Gasteiger partial charge in [0.15, 0.2) is 0 Å². The molecule has 0 spiro atoms. The summed E-state index contributed by atoms with van der Waals surface area (Å²) in [4.78, 5) is 31.6. The quantitative estimate of drug-likeness (QED) is 0.122. The van der Waals surface area contributed by atoms with Crippen molar-refractivity contribution < 1.29 is 28.4 Å². The third kappa shape index (κ3) is 13.9. The number of para-hydroxylation sites is 3. The van der Waals surface area contributed by atoms with Gasteiger partial charge in [-0.05, 0) is 129 Å². The Hall–Kier alpha value is -7.53. The fourth-order valence-electron chi connectivity index (χ4n) is 11.2. The van der Waals surface area contributed by atoms with E-state index in [2.05, 4.69) is 102 Å². The second-order valence-electron chi connectivity index (χ2n) is 21.6. The summed E-state index contributed by atoms with van der Waals surface area (Å²) in [5, 5.41) is 7.22. The summed E-state index contributed by atoms with van der Waals surface area (Å²) in [5.41, 5.74) is 6.71. The van der Waals surface area contributed by atoms with Crippen LogP contribution in [0, 0.1) is 0 Å². The van der Waals surface area contributed by atoms with Crippen LogP contribution in [0.25, 0.3) is 32.7 Å². The summed E-state index contributed by atoms with van der Waals surface area (Å²) in [7, 11) is 0. The van der Waals surface area contributed by atoms with Gasteiger partial charge in [-0.3, -0.25) is 0 Å². The molecule has 0 unspecified atom stereocenters. The first-order valence-corrected chi connectivity index (χ1v) is 29.4. The molecular weight excluding hydrogens is 1050 g/mol. The lowest BCUT2D eigenvalue weighted by Crippen LogP contribution is -2.54. The second kappa shape index (κ2) is 27.0. The first kappa shape index (κ1) is 55.0. The van der Waals surface area contributed by atoms with Crippen LogP contribution in [0.15, 0.2) is 164 Å². The minimum atomic E-state index is 0.159. The lowest BCUT2D eigenvalue weighted by Gasteiger charge is -2.40. The monoisotopic (exact) mass is 1120 g/mol. The summed E-state index contributed by atoms with van der Waals surface area (Å²) in [6.45, 7) is 10.2. The van der Waals surface area contributed by atoms with Crippen molar-refractivity contribution in [3.8, 4) is 17.6 Å². The molecule has 6 aliphatic heterocycles. The predicted molar refractivity (Wildman–Crippen MR) is 322 cm³/mol. The molecule has 15 nitrogen and oxygen atoms in total. The molecule has 82 heavy (non-hydrogen) atoms. The summed E-state index contributed by atoms with van der Waals surface area (Å²) in [6.07, 6.45) is 12.4. The Morgan fingerprint density at radius 2 is 0.744 bits per heavy atom. The fraction of sp³-hybridized carbons (Fsp3) is 0.364. The van der Waals surface area contributed by atoms with Crippen molar-refractivity contribution in [2.24, 2.45) is 0 Å². The van der Waals surface area contributed by atoms with Gasteiger partial charge in [0.05, 0.1) is 42.7 Å². The van der Waals surface area contributed by atoms with Crippen molar-refractivity contribution in [2.75, 3.05) is 88.7 Å². The molecular formula is C66H70ClN9O6. The molecule has 15 rings (SSSR count). The number of aromatic nitrogens is 6. The van der Waals surface area contributed by atoms with Crippen LogP contribution in [0.2, 0.25) is 5.15 Å². The van der Waals surface area contributed by atoms with Crippen molar-refractivity contribution in [2.45, 2.75) is 74.6 Å². The topological polar surface area (TPSA) is 151 Å². The van der Waals surface area contributed by atoms with Crippen molar-refractivity contribution in [1.29, 1.82) is 0 Å². The average molecular weight is 1120 g/mol. The van der Waals surface area contributed by atoms with Gasteiger partial charge < -0.3 is 43.5 Å². The Morgan fingerprint density at radius 3 is 1.12 bits per heavy atom. The van der Waals surface area contributed by atoms with E-state index in [0.717, 1.165) is 169 Å². The van der Waals surface area contributed by atoms with E-state index in [9.17, 15) is 0 Å². The molecule has 9 aromatic rings. The summed E-state index contributed by atoms with van der Waals surface area (Å²) in [5.74, 6) is 5.95. The molecule has 0 amide bonds. The zero-order valence-electron chi connectivity index (χ0n) is 46.2. The zero-order valence-corrected chi connectivity index (χ0v) is 46.9. The largest absolute Gasteiger partial charge is 0.471 e. The maximum atomic E-state index is 6.25. The van der Waals surface area contributed by atoms with E-state index >= 15 is 0 Å². The molecule has 0 aliphatic carbocycles. The van der Waals surface area contributed by atoms with Crippen LogP contribution >= 0.6 is 11.6 Å². The molecule has 6 saturated heterocycles. The van der Waals surface area contributed by atoms with Crippen LogP contribution in [0.4, 0.5) is 11.6 Å². The normalized spacial score (nSPS) is 18.1. The molecule has 1 N–H and O–H groups in total. The van der Waals surface area contributed by atoms with Gasteiger partial charge in [0, 0.05) is 104 Å². The van der Waals surface area contributed by atoms with Crippen molar-refractivity contribution in [1.82, 2.24) is 35.2 Å². The maximum Gasteiger partial charge on any atom is 0.217 e. The minimum Gasteiger partial charge on any atom is -0.471 e. The SMILES string of the molecule is Clc1ccc2ccccc2n1.c1cnc(OC2CN(c3ccc4ccccc4n3)C2)c(C2CCOCC2)c1.c1cnc(OC2CN(c3ccc4ccccc4n3)C2)c(C2CCOCC2)c1.c1cnc(OC2CNC2)c(C2CCOCC2)c1. The summed E-state index contributed by atoms with van der Waals surface area (Å²) in [6, 6.07) is 49.0. The van der Waals surface area contributed by atoms with Crippen molar-refractivity contribution in [3.05, 3.63) is 186 Å². The number of nitrogens with zero attached hydrogens (tertiary/aromatic N) is 8. The van der Waals surface area contributed by atoms with Crippen LogP contribution in [0.1, 0.15) is 73.0 Å². The fourth-order valence-corrected chi connectivity index (χ4v) is 11.3. The van der Waals surface area contributed by atoms with Gasteiger partial charge >= 0.3 is 0 Å². The Morgan fingerprint density at radius 1 is 0.390 bits per heavy atom. The standard InChI is InChI=1S/2C22H23N3O2.C13H18N2O2.C9H6ClN/c2*1-2-6-20-17(4-1)7-8-21(24-20)25-14-18(15-25)27-22-19(5-3-11-23-22)16-9-12-26-13-10-16;1-2-12(10-3-6-16-7-4-10)13(15-5-1)17-11-8-14-9-11;10-9-6-5-7-3-1-2-4-8(7)11-9/h2*1-8,11,16,18H,9-10,12-15H2;1-2,5,10-11,14H,3-4,6-9H2;1-6H. The third-order valence-electron chi connectivity index (χ3n) is 16.0. The number of rotatable bonds is 11. The Kier molecular flexibility index (Phi) is 18.1. The molecule has 3 aromatic carbocycles. The maximum absolute atomic E-state index is 6.25. The first-order valence-electron chi connectivity index (χ1n) is 29.0. The van der Waals surface area contributed by atoms with Crippen LogP contribution in [0.3, 0.4) is 0 Å². The number of fused-ring (bicyclic) bond motifs is 3. The number of anilines is 2. The van der Waals surface area contributed by atoms with Crippen LogP contribution in [0.5, 0.6) is 17.6 Å². The van der Waals surface area contributed by atoms with Gasteiger partial charge in [-0.1, -0.05) is 84.4 Å². The Bertz CT molecular complexity index is 3350. The second-order valence-corrected chi connectivity index (χ2v) is 22.0. The molecule has 0 bridgehead atoms. The molecule has 6 fully saturated rings. The zero-order chi connectivity index (χ0) is 55.3. The number of pyridine rings is 6. The van der Waals surface area contributed by atoms with Crippen LogP contribution in [-0.2, 0) is 14.2 Å². The molecule has 422 valence electrons. The van der Waals surface area contributed by atoms with Crippen LogP contribution in [-0.4, -0.2) is 127 Å². The lowest BCUT2D eigenvalue weighted by molar-refractivity contribution is 0.0825. The van der Waals surface area contributed by atoms with Crippen molar-refractivity contribution in [3.63, 3.8) is 0 Å². The lowest BCUT2D eigenvalue weighted by atomic mass is 9.92. The van der Waals surface area contributed by atoms with E-state index in [1.165, 1.54) is 27.5 Å². The van der Waals surface area contributed by atoms with E-state index in [0.29, 0.717) is 29.0 Å². The third-order valence-corrected chi connectivity index (χ3v) is 16.3. The number of hydrogen-bond acceptors (Lipinski definition) is 15. The van der Waals surface area contributed by atoms with Crippen molar-refractivity contribution >= 4 is 55.9 Å². The number of benzene rings is 3. The van der Waals surface area contributed by atoms with Gasteiger partial charge in [-0.2, -0.15) is 0 Å². The molecule has 0 saturated carbocycles. The molecule has 16 heteroatoms. The van der Waals surface area contributed by atoms with Crippen LogP contribution < -0.4 is 29.3 Å². The van der Waals surface area contributed by atoms with Gasteiger partial charge in [-0.25, -0.2) is 29.9 Å². The Labute approximate surface area is 484 Å². The van der Waals surface area contributed by atoms with Gasteiger partial charge in [0.1, 0.15) is 35.1 Å². The van der Waals surface area contributed by atoms with E-state index in [1.54, 1.807) is 6.07 Å². The molecule has 6 aromatic heterocycles. The minimum absolute atomic E-state index is 0.159. The van der Waals surface area contributed by atoms with E-state index < -0.39 is 0 Å². The summed E-state index contributed by atoms with van der Waals surface area (Å²) < 4.78 is 34.8. The summed E-state index contributed by atoms with van der Waals surface area (Å²) >= 11 is 5.71. The van der Waals surface area contributed by atoms with E-state index in [-0.39, 0.29) is 12.2 Å². The highest BCUT2D eigenvalue weighted by atomic mass is 35.5. The number of hydrogen-bond donors (Lipinski definition) is 1. The molecule has 12 heterocycles. The van der Waals surface area contributed by atoms with E-state index in [4.69, 9.17) is 50.0 Å². The van der Waals surface area contributed by atoms with Gasteiger partial charge in [0.25, 0.3) is 0 Å². The highest BCUT2D eigenvalue weighted by Gasteiger charge is 2.33. The highest BCUT2D eigenvalue weighted by molar-refractivity contribution is 6.29. The Balaban J connectivity index is 0.000000114. The number of halogens is 1. The average Bonchev–Trinajstić information content (AvgIpc) is 3.56. The molecule has 6 aliphatic rings. The first-order chi connectivity index (χ1) is 40.5. The van der Waals surface area contributed by atoms with Gasteiger partial charge in [0.2, 0.25) is 17.6 Å². The van der Waals surface area contributed by atoms with Gasteiger partial charge in [-0.15, -0.1) is 0 Å². The van der Waals surface area contributed by atoms with E-state index in [1.807, 2.05) is 91.4 Å². The molecule has 0 atom stereocenters. The predicted octanol–water partition coefficient (Wildman–Crippen LogP) is 11.8. The highest BCUT2D eigenvalue weighted by Crippen LogP contribution is 2.37.